The highest BCUT2D eigenvalue weighted by Gasteiger charge is 2.22. The Labute approximate surface area is 268 Å². The van der Waals surface area contributed by atoms with E-state index in [1.54, 1.807) is 6.33 Å². The molecule has 10 aromatic rings. The third-order valence-electron chi connectivity index (χ3n) is 9.38. The molecule has 0 spiro atoms. The van der Waals surface area contributed by atoms with Crippen LogP contribution in [-0.2, 0) is 5.41 Å². The van der Waals surface area contributed by atoms with Gasteiger partial charge in [-0.25, -0.2) is 19.9 Å². The van der Waals surface area contributed by atoms with E-state index >= 15 is 0 Å². The van der Waals surface area contributed by atoms with Crippen LogP contribution >= 0.6 is 0 Å². The minimum Gasteiger partial charge on any atom is -0.457 e. The second kappa shape index (κ2) is 9.23. The molecule has 5 aromatic heterocycles. The molecule has 0 aliphatic carbocycles. The number of hydrogen-bond donors (Lipinski definition) is 0. The molecule has 47 heavy (non-hydrogen) atoms. The Kier molecular flexibility index (Phi) is 5.14. The summed E-state index contributed by atoms with van der Waals surface area (Å²) in [7, 11) is 0. The van der Waals surface area contributed by atoms with Crippen LogP contribution in [0.3, 0.4) is 0 Å². The Morgan fingerprint density at radius 3 is 1.89 bits per heavy atom. The fourth-order valence-corrected chi connectivity index (χ4v) is 7.33. The summed E-state index contributed by atoms with van der Waals surface area (Å²) >= 11 is 0. The van der Waals surface area contributed by atoms with Gasteiger partial charge >= 0.3 is 0 Å². The first-order valence-electron chi connectivity index (χ1n) is 15.8. The van der Waals surface area contributed by atoms with E-state index in [9.17, 15) is 0 Å². The molecule has 0 radical (unpaired) electrons. The molecule has 7 nitrogen and oxygen atoms in total. The highest BCUT2D eigenvalue weighted by molar-refractivity contribution is 6.16. The lowest BCUT2D eigenvalue weighted by molar-refractivity contribution is 0.484. The first-order valence-corrected chi connectivity index (χ1v) is 15.8. The molecule has 0 aliphatic heterocycles. The summed E-state index contributed by atoms with van der Waals surface area (Å²) in [5.41, 5.74) is 8.98. The van der Waals surface area contributed by atoms with E-state index in [0.29, 0.717) is 0 Å². The molecule has 0 N–H and O–H groups in total. The second-order valence-corrected chi connectivity index (χ2v) is 13.2. The quantitative estimate of drug-likeness (QED) is 0.183. The number of para-hydroxylation sites is 4. The first kappa shape index (κ1) is 26.2. The van der Waals surface area contributed by atoms with Crippen molar-refractivity contribution in [3.8, 4) is 11.5 Å². The zero-order chi connectivity index (χ0) is 31.4. The van der Waals surface area contributed by atoms with Crippen LogP contribution in [0.15, 0.2) is 116 Å². The molecular weight excluding hydrogens is 580 g/mol. The van der Waals surface area contributed by atoms with E-state index in [-0.39, 0.29) is 5.41 Å². The van der Waals surface area contributed by atoms with Gasteiger partial charge in [-0.15, -0.1) is 0 Å². The van der Waals surface area contributed by atoms with Gasteiger partial charge in [-0.2, -0.15) is 0 Å². The Bertz CT molecular complexity index is 2930. The van der Waals surface area contributed by atoms with Gasteiger partial charge in [-0.05, 0) is 88.5 Å². The lowest BCUT2D eigenvalue weighted by Crippen LogP contribution is -2.12. The lowest BCUT2D eigenvalue weighted by atomic mass is 9.83. The van der Waals surface area contributed by atoms with E-state index < -0.39 is 0 Å². The number of pyridine rings is 2. The van der Waals surface area contributed by atoms with Gasteiger partial charge in [0, 0.05) is 27.7 Å². The van der Waals surface area contributed by atoms with E-state index in [1.807, 2.05) is 36.5 Å². The maximum absolute atomic E-state index is 6.66. The second-order valence-electron chi connectivity index (χ2n) is 13.2. The molecule has 0 saturated carbocycles. The van der Waals surface area contributed by atoms with Gasteiger partial charge in [0.05, 0.1) is 27.6 Å². The van der Waals surface area contributed by atoms with Crippen LogP contribution < -0.4 is 4.74 Å². The van der Waals surface area contributed by atoms with Crippen LogP contribution in [0, 0.1) is 0 Å². The number of aromatic nitrogens is 6. The minimum absolute atomic E-state index is 0.0467. The average molecular weight is 609 g/mol. The minimum atomic E-state index is -0.0467. The normalized spacial score (nSPS) is 12.6. The summed E-state index contributed by atoms with van der Waals surface area (Å²) in [6, 6.07) is 35.7. The smallest absolute Gasteiger partial charge is 0.150 e. The SMILES string of the molecule is CC(C)(C)c1cccc2c1c1ccc(Oc3ccc4c5cncnc5n5c6ccccc6nc5c4c3)cc1c1nc3ccccc3n21. The molecule has 0 saturated heterocycles. The highest BCUT2D eigenvalue weighted by atomic mass is 16.5. The van der Waals surface area contributed by atoms with Crippen LogP contribution in [0.2, 0.25) is 0 Å². The molecule has 0 fully saturated rings. The van der Waals surface area contributed by atoms with Crippen molar-refractivity contribution in [2.24, 2.45) is 0 Å². The van der Waals surface area contributed by atoms with Crippen LogP contribution in [0.4, 0.5) is 0 Å². The van der Waals surface area contributed by atoms with Gasteiger partial charge in [0.25, 0.3) is 0 Å². The summed E-state index contributed by atoms with van der Waals surface area (Å²) in [5, 5.41) is 6.42. The van der Waals surface area contributed by atoms with Crippen molar-refractivity contribution in [1.82, 2.24) is 28.7 Å². The van der Waals surface area contributed by atoms with Gasteiger partial charge in [0.1, 0.15) is 34.8 Å². The van der Waals surface area contributed by atoms with Crippen molar-refractivity contribution in [3.05, 3.63) is 121 Å². The zero-order valence-electron chi connectivity index (χ0n) is 26.1. The molecule has 7 heteroatoms. The number of hydrogen-bond acceptors (Lipinski definition) is 5. The number of rotatable bonds is 2. The molecule has 0 bridgehead atoms. The third kappa shape index (κ3) is 3.68. The van der Waals surface area contributed by atoms with Crippen molar-refractivity contribution >= 4 is 76.8 Å². The van der Waals surface area contributed by atoms with E-state index in [2.05, 4.69) is 112 Å². The average Bonchev–Trinajstić information content (AvgIpc) is 3.68. The van der Waals surface area contributed by atoms with E-state index in [0.717, 1.165) is 83.0 Å². The predicted octanol–water partition coefficient (Wildman–Crippen LogP) is 9.78. The van der Waals surface area contributed by atoms with Crippen molar-refractivity contribution in [1.29, 1.82) is 0 Å². The molecule has 10 rings (SSSR count). The number of benzene rings is 5. The van der Waals surface area contributed by atoms with Crippen molar-refractivity contribution in [3.63, 3.8) is 0 Å². The molecule has 0 atom stereocenters. The van der Waals surface area contributed by atoms with E-state index in [1.165, 1.54) is 10.9 Å². The van der Waals surface area contributed by atoms with Crippen LogP contribution in [0.1, 0.15) is 26.3 Å². The zero-order valence-corrected chi connectivity index (χ0v) is 26.1. The third-order valence-corrected chi connectivity index (χ3v) is 9.38. The first-order chi connectivity index (χ1) is 22.9. The van der Waals surface area contributed by atoms with E-state index in [4.69, 9.17) is 14.7 Å². The van der Waals surface area contributed by atoms with Gasteiger partial charge in [0.2, 0.25) is 0 Å². The molecule has 5 aromatic carbocycles. The van der Waals surface area contributed by atoms with Gasteiger partial charge in [0.15, 0.2) is 0 Å². The van der Waals surface area contributed by atoms with Gasteiger partial charge in [-0.1, -0.05) is 57.2 Å². The number of imidazole rings is 2. The Balaban J connectivity index is 1.22. The highest BCUT2D eigenvalue weighted by Crippen LogP contribution is 2.40. The Hall–Kier alpha value is -6.08. The van der Waals surface area contributed by atoms with Gasteiger partial charge < -0.3 is 4.74 Å². The Morgan fingerprint density at radius 1 is 0.553 bits per heavy atom. The Morgan fingerprint density at radius 2 is 1.17 bits per heavy atom. The fraction of sp³-hybridized carbons (Fsp3) is 0.100. The van der Waals surface area contributed by atoms with Crippen LogP contribution in [0.25, 0.3) is 76.8 Å². The summed E-state index contributed by atoms with van der Waals surface area (Å²) in [5.74, 6) is 1.47. The van der Waals surface area contributed by atoms with Crippen molar-refractivity contribution in [2.75, 3.05) is 0 Å². The molecule has 224 valence electrons. The topological polar surface area (TPSA) is 69.6 Å². The molecule has 5 heterocycles. The molecular formula is C40H28N6O. The van der Waals surface area contributed by atoms with Crippen molar-refractivity contribution in [2.45, 2.75) is 26.2 Å². The monoisotopic (exact) mass is 608 g/mol. The summed E-state index contributed by atoms with van der Waals surface area (Å²) < 4.78 is 11.1. The number of nitrogens with zero attached hydrogens (tertiary/aromatic N) is 6. The standard InChI is InChI=1S/C40H28N6O/c1-40(2,3)30-9-8-14-35-36(30)26-18-16-24(20-28(26)38-43-31-10-4-6-12-33(31)45(35)38)47-23-15-17-25-27(19-23)39-44-32-11-5-7-13-34(32)46(39)37-29(25)21-41-22-42-37/h4-22H,1-3H3. The number of ether oxygens (including phenoxy) is 1. The fourth-order valence-electron chi connectivity index (χ4n) is 7.33. The molecule has 0 aliphatic rings. The molecule has 0 amide bonds. The summed E-state index contributed by atoms with van der Waals surface area (Å²) in [6.07, 6.45) is 3.46. The summed E-state index contributed by atoms with van der Waals surface area (Å²) in [4.78, 5) is 19.2. The largest absolute Gasteiger partial charge is 0.457 e. The van der Waals surface area contributed by atoms with Crippen LogP contribution in [-0.4, -0.2) is 28.7 Å². The lowest BCUT2D eigenvalue weighted by Gasteiger charge is -2.23. The number of fused-ring (bicyclic) bond motifs is 16. The molecule has 0 unspecified atom stereocenters. The van der Waals surface area contributed by atoms with Gasteiger partial charge in [-0.3, -0.25) is 8.80 Å². The summed E-state index contributed by atoms with van der Waals surface area (Å²) in [6.45, 7) is 6.82. The maximum atomic E-state index is 6.66. The van der Waals surface area contributed by atoms with Crippen molar-refractivity contribution < 1.29 is 4.74 Å². The predicted molar refractivity (Wildman–Crippen MR) is 190 cm³/mol. The maximum Gasteiger partial charge on any atom is 0.150 e. The van der Waals surface area contributed by atoms with Crippen LogP contribution in [0.5, 0.6) is 11.5 Å².